The Kier molecular flexibility index (Phi) is 3.82. The van der Waals surface area contributed by atoms with Crippen molar-refractivity contribution in [2.75, 3.05) is 0 Å². The topological polar surface area (TPSA) is 15.8 Å². The van der Waals surface area contributed by atoms with Crippen LogP contribution in [0, 0.1) is 5.82 Å². The molecule has 1 unspecified atom stereocenters. The highest BCUT2D eigenvalue weighted by atomic mass is 19.1. The van der Waals surface area contributed by atoms with Crippen LogP contribution in [-0.4, -0.2) is 4.98 Å². The average molecular weight is 233 g/mol. The van der Waals surface area contributed by atoms with Crippen molar-refractivity contribution in [3.8, 4) is 0 Å². The van der Waals surface area contributed by atoms with Gasteiger partial charge in [0, 0.05) is 17.1 Å². The van der Waals surface area contributed by atoms with E-state index >= 15 is 0 Å². The lowest BCUT2D eigenvalue weighted by Crippen LogP contribution is -1.96. The summed E-state index contributed by atoms with van der Waals surface area (Å²) in [5, 5.41) is 1.05. The second kappa shape index (κ2) is 5.35. The molecule has 2 heteroatoms. The number of rotatable bonds is 5. The van der Waals surface area contributed by atoms with E-state index < -0.39 is 0 Å². The van der Waals surface area contributed by atoms with E-state index in [0.717, 1.165) is 17.3 Å². The highest BCUT2D eigenvalue weighted by molar-refractivity contribution is 5.83. The first-order valence-electron chi connectivity index (χ1n) is 6.52. The van der Waals surface area contributed by atoms with Crippen LogP contribution in [0.15, 0.2) is 24.4 Å². The van der Waals surface area contributed by atoms with Crippen LogP contribution in [0.2, 0.25) is 0 Å². The quantitative estimate of drug-likeness (QED) is 0.748. The monoisotopic (exact) mass is 233 g/mol. The number of halogens is 1. The molecule has 0 bridgehead atoms. The minimum Gasteiger partial charge on any atom is -0.361 e. The fourth-order valence-corrected chi connectivity index (χ4v) is 2.48. The van der Waals surface area contributed by atoms with Crippen molar-refractivity contribution in [2.24, 2.45) is 0 Å². The molecule has 1 heterocycles. The number of fused-ring (bicyclic) bond motifs is 1. The lowest BCUT2D eigenvalue weighted by Gasteiger charge is -2.13. The Bertz CT molecular complexity index is 487. The van der Waals surface area contributed by atoms with Crippen molar-refractivity contribution in [1.82, 2.24) is 4.98 Å². The van der Waals surface area contributed by atoms with Gasteiger partial charge < -0.3 is 4.98 Å². The minimum atomic E-state index is -0.149. The molecule has 0 spiro atoms. The number of unbranched alkanes of at least 4 members (excludes halogenated alkanes) is 1. The standard InChI is InChI=1S/C15H20FN/c1-3-5-6-11(4-2)14-10-17-15-8-7-12(16)9-13(14)15/h7-11,17H,3-6H2,1-2H3. The van der Waals surface area contributed by atoms with Crippen LogP contribution in [-0.2, 0) is 0 Å². The van der Waals surface area contributed by atoms with Crippen molar-refractivity contribution < 1.29 is 4.39 Å². The van der Waals surface area contributed by atoms with Crippen molar-refractivity contribution in [3.63, 3.8) is 0 Å². The predicted octanol–water partition coefficient (Wildman–Crippen LogP) is 4.99. The lowest BCUT2D eigenvalue weighted by atomic mass is 9.91. The maximum atomic E-state index is 13.3. The predicted molar refractivity (Wildman–Crippen MR) is 70.8 cm³/mol. The lowest BCUT2D eigenvalue weighted by molar-refractivity contribution is 0.572. The first-order chi connectivity index (χ1) is 8.26. The molecule has 1 atom stereocenters. The highest BCUT2D eigenvalue weighted by Crippen LogP contribution is 2.31. The van der Waals surface area contributed by atoms with Gasteiger partial charge in [-0.1, -0.05) is 26.7 Å². The van der Waals surface area contributed by atoms with Gasteiger partial charge in [0.05, 0.1) is 0 Å². The molecule has 1 N–H and O–H groups in total. The van der Waals surface area contributed by atoms with Gasteiger partial charge in [0.1, 0.15) is 5.82 Å². The van der Waals surface area contributed by atoms with Gasteiger partial charge in [0.2, 0.25) is 0 Å². The fourth-order valence-electron chi connectivity index (χ4n) is 2.48. The third kappa shape index (κ3) is 2.51. The summed E-state index contributed by atoms with van der Waals surface area (Å²) in [6, 6.07) is 4.98. The Morgan fingerprint density at radius 1 is 1.29 bits per heavy atom. The summed E-state index contributed by atoms with van der Waals surface area (Å²) in [5.41, 5.74) is 2.31. The van der Waals surface area contributed by atoms with Gasteiger partial charge in [-0.05, 0) is 42.5 Å². The summed E-state index contributed by atoms with van der Waals surface area (Å²) >= 11 is 0. The van der Waals surface area contributed by atoms with E-state index in [2.05, 4.69) is 18.8 Å². The Labute approximate surface area is 102 Å². The van der Waals surface area contributed by atoms with E-state index in [9.17, 15) is 4.39 Å². The SMILES string of the molecule is CCCCC(CC)c1c[nH]c2ccc(F)cc12. The van der Waals surface area contributed by atoms with Crippen LogP contribution in [0.1, 0.15) is 51.0 Å². The van der Waals surface area contributed by atoms with Gasteiger partial charge in [-0.2, -0.15) is 0 Å². The minimum absolute atomic E-state index is 0.149. The summed E-state index contributed by atoms with van der Waals surface area (Å²) in [7, 11) is 0. The zero-order valence-corrected chi connectivity index (χ0v) is 10.6. The molecular weight excluding hydrogens is 213 g/mol. The Hall–Kier alpha value is -1.31. The molecular formula is C15H20FN. The molecule has 2 aromatic rings. The maximum Gasteiger partial charge on any atom is 0.123 e. The first kappa shape index (κ1) is 12.2. The number of hydrogen-bond donors (Lipinski definition) is 1. The Morgan fingerprint density at radius 2 is 2.12 bits per heavy atom. The van der Waals surface area contributed by atoms with Gasteiger partial charge in [0.15, 0.2) is 0 Å². The van der Waals surface area contributed by atoms with Gasteiger partial charge in [-0.3, -0.25) is 0 Å². The maximum absolute atomic E-state index is 13.3. The summed E-state index contributed by atoms with van der Waals surface area (Å²) in [4.78, 5) is 3.24. The molecule has 0 aliphatic rings. The summed E-state index contributed by atoms with van der Waals surface area (Å²) in [5.74, 6) is 0.397. The van der Waals surface area contributed by atoms with Crippen molar-refractivity contribution in [3.05, 3.63) is 35.8 Å². The zero-order chi connectivity index (χ0) is 12.3. The number of aromatic nitrogens is 1. The summed E-state index contributed by atoms with van der Waals surface area (Å²) in [6.45, 7) is 4.42. The van der Waals surface area contributed by atoms with Gasteiger partial charge in [-0.15, -0.1) is 0 Å². The van der Waals surface area contributed by atoms with E-state index in [1.165, 1.54) is 30.9 Å². The normalized spacial score (nSPS) is 13.1. The average Bonchev–Trinajstić information content (AvgIpc) is 2.73. The van der Waals surface area contributed by atoms with Gasteiger partial charge >= 0.3 is 0 Å². The van der Waals surface area contributed by atoms with Crippen LogP contribution in [0.5, 0.6) is 0 Å². The number of benzene rings is 1. The van der Waals surface area contributed by atoms with Gasteiger partial charge in [0.25, 0.3) is 0 Å². The number of hydrogen-bond acceptors (Lipinski definition) is 0. The molecule has 92 valence electrons. The molecule has 0 radical (unpaired) electrons. The molecule has 1 nitrogen and oxygen atoms in total. The molecule has 0 fully saturated rings. The Morgan fingerprint density at radius 3 is 2.82 bits per heavy atom. The second-order valence-corrected chi connectivity index (χ2v) is 4.68. The molecule has 17 heavy (non-hydrogen) atoms. The van der Waals surface area contributed by atoms with E-state index in [-0.39, 0.29) is 5.82 Å². The number of H-pyrrole nitrogens is 1. The Balaban J connectivity index is 2.35. The fraction of sp³-hybridized carbons (Fsp3) is 0.467. The number of nitrogens with one attached hydrogen (secondary N) is 1. The third-order valence-electron chi connectivity index (χ3n) is 3.51. The molecule has 0 aliphatic carbocycles. The number of aromatic amines is 1. The van der Waals surface area contributed by atoms with Crippen LogP contribution >= 0.6 is 0 Å². The van der Waals surface area contributed by atoms with Crippen molar-refractivity contribution >= 4 is 10.9 Å². The largest absolute Gasteiger partial charge is 0.361 e. The molecule has 0 saturated heterocycles. The smallest absolute Gasteiger partial charge is 0.123 e. The van der Waals surface area contributed by atoms with E-state index in [1.54, 1.807) is 6.07 Å². The molecule has 0 aliphatic heterocycles. The van der Waals surface area contributed by atoms with E-state index in [0.29, 0.717) is 5.92 Å². The molecule has 1 aromatic carbocycles. The van der Waals surface area contributed by atoms with Crippen LogP contribution in [0.3, 0.4) is 0 Å². The van der Waals surface area contributed by atoms with E-state index in [1.807, 2.05) is 12.3 Å². The summed E-state index contributed by atoms with van der Waals surface area (Å²) in [6.07, 6.45) is 6.81. The second-order valence-electron chi connectivity index (χ2n) is 4.68. The zero-order valence-electron chi connectivity index (χ0n) is 10.6. The highest BCUT2D eigenvalue weighted by Gasteiger charge is 2.14. The van der Waals surface area contributed by atoms with Crippen molar-refractivity contribution in [2.45, 2.75) is 45.4 Å². The van der Waals surface area contributed by atoms with Crippen LogP contribution in [0.4, 0.5) is 4.39 Å². The van der Waals surface area contributed by atoms with Crippen LogP contribution in [0.25, 0.3) is 10.9 Å². The third-order valence-corrected chi connectivity index (χ3v) is 3.51. The van der Waals surface area contributed by atoms with E-state index in [4.69, 9.17) is 0 Å². The van der Waals surface area contributed by atoms with Crippen LogP contribution < -0.4 is 0 Å². The molecule has 0 amide bonds. The molecule has 0 saturated carbocycles. The summed E-state index contributed by atoms with van der Waals surface area (Å²) < 4.78 is 13.3. The first-order valence-corrected chi connectivity index (χ1v) is 6.52. The molecule has 1 aromatic heterocycles. The van der Waals surface area contributed by atoms with Crippen molar-refractivity contribution in [1.29, 1.82) is 0 Å². The van der Waals surface area contributed by atoms with Gasteiger partial charge in [-0.25, -0.2) is 4.39 Å². The molecule has 2 rings (SSSR count).